The number of nitrogens with zero attached hydrogens (tertiary/aromatic N) is 3. The second-order valence-corrected chi connectivity index (χ2v) is 9.91. The molecule has 1 aliphatic heterocycles. The maximum Gasteiger partial charge on any atom is 0.407 e. The molecule has 1 saturated heterocycles. The number of hydrogen-bond acceptors (Lipinski definition) is 6. The van der Waals surface area contributed by atoms with E-state index in [1.165, 1.54) is 6.20 Å². The van der Waals surface area contributed by atoms with Crippen LogP contribution < -0.4 is 15.6 Å². The average Bonchev–Trinajstić information content (AvgIpc) is 3.42. The summed E-state index contributed by atoms with van der Waals surface area (Å²) in [5.74, 6) is -1.81. The first-order chi connectivity index (χ1) is 15.4. The van der Waals surface area contributed by atoms with Crippen LogP contribution in [-0.2, 0) is 4.74 Å². The minimum Gasteiger partial charge on any atom is -0.477 e. The summed E-state index contributed by atoms with van der Waals surface area (Å²) in [6.07, 6.45) is 3.25. The number of halogens is 1. The summed E-state index contributed by atoms with van der Waals surface area (Å²) in [5, 5.41) is 12.2. The molecule has 0 spiro atoms. The number of rotatable bonds is 5. The van der Waals surface area contributed by atoms with Crippen LogP contribution in [0.5, 0.6) is 0 Å². The highest BCUT2D eigenvalue weighted by Crippen LogP contribution is 2.37. The fourth-order valence-electron chi connectivity index (χ4n) is 4.24. The molecule has 2 aromatic rings. The summed E-state index contributed by atoms with van der Waals surface area (Å²) in [5.41, 5.74) is -1.41. The van der Waals surface area contributed by atoms with E-state index >= 15 is 4.39 Å². The maximum atomic E-state index is 15.1. The van der Waals surface area contributed by atoms with Gasteiger partial charge in [-0.3, -0.25) is 4.79 Å². The Labute approximate surface area is 190 Å². The molecule has 0 bridgehead atoms. The molecule has 2 fully saturated rings. The minimum absolute atomic E-state index is 0.0289. The van der Waals surface area contributed by atoms with Crippen LogP contribution in [0.4, 0.5) is 15.0 Å². The van der Waals surface area contributed by atoms with E-state index in [-0.39, 0.29) is 34.8 Å². The van der Waals surface area contributed by atoms with Crippen molar-refractivity contribution in [1.82, 2.24) is 14.9 Å². The third kappa shape index (κ3) is 4.79. The lowest BCUT2D eigenvalue weighted by Gasteiger charge is -2.25. The van der Waals surface area contributed by atoms with E-state index in [0.29, 0.717) is 18.7 Å². The van der Waals surface area contributed by atoms with Crippen LogP contribution in [0.25, 0.3) is 11.0 Å². The second-order valence-electron chi connectivity index (χ2n) is 9.91. The quantitative estimate of drug-likeness (QED) is 0.704. The first-order valence-electron chi connectivity index (χ1n) is 11.2. The van der Waals surface area contributed by atoms with Crippen molar-refractivity contribution in [3.63, 3.8) is 0 Å². The summed E-state index contributed by atoms with van der Waals surface area (Å²) in [7, 11) is 0. The van der Waals surface area contributed by atoms with Crippen molar-refractivity contribution in [2.24, 2.45) is 5.92 Å². The molecule has 2 unspecified atom stereocenters. The van der Waals surface area contributed by atoms with Gasteiger partial charge in [0.05, 0.1) is 5.39 Å². The number of hydrogen-bond donors (Lipinski definition) is 2. The Balaban J connectivity index is 1.59. The van der Waals surface area contributed by atoms with Crippen LogP contribution in [0.2, 0.25) is 0 Å². The molecule has 9 nitrogen and oxygen atoms in total. The zero-order valence-electron chi connectivity index (χ0n) is 19.2. The number of aromatic nitrogens is 2. The van der Waals surface area contributed by atoms with Crippen molar-refractivity contribution in [1.29, 1.82) is 0 Å². The van der Waals surface area contributed by atoms with Crippen LogP contribution >= 0.6 is 0 Å². The van der Waals surface area contributed by atoms with Crippen LogP contribution in [0.15, 0.2) is 17.1 Å². The normalized spacial score (nSPS) is 19.5. The van der Waals surface area contributed by atoms with Gasteiger partial charge in [0.2, 0.25) is 5.43 Å². The lowest BCUT2D eigenvalue weighted by Crippen LogP contribution is -2.42. The Morgan fingerprint density at radius 2 is 2.00 bits per heavy atom. The molecular formula is C23H29FN4O5. The molecular weight excluding hydrogens is 431 g/mol. The van der Waals surface area contributed by atoms with Crippen molar-refractivity contribution in [2.75, 3.05) is 18.0 Å². The molecule has 1 amide bonds. The Hall–Kier alpha value is -3.17. The number of carbonyl (C=O) groups is 2. The lowest BCUT2D eigenvalue weighted by atomic mass is 10.0. The van der Waals surface area contributed by atoms with Gasteiger partial charge in [-0.15, -0.1) is 0 Å². The fraction of sp³-hybridized carbons (Fsp3) is 0.565. The topological polar surface area (TPSA) is 114 Å². The van der Waals surface area contributed by atoms with E-state index in [4.69, 9.17) is 4.74 Å². The van der Waals surface area contributed by atoms with Crippen molar-refractivity contribution >= 4 is 28.9 Å². The predicted molar refractivity (Wildman–Crippen MR) is 120 cm³/mol. The van der Waals surface area contributed by atoms with Gasteiger partial charge in [0.15, 0.2) is 11.6 Å². The number of aromatic carboxylic acids is 1. The summed E-state index contributed by atoms with van der Waals surface area (Å²) < 4.78 is 22.1. The summed E-state index contributed by atoms with van der Waals surface area (Å²) in [6.45, 7) is 8.30. The monoisotopic (exact) mass is 460 g/mol. The molecule has 4 rings (SSSR count). The zero-order chi connectivity index (χ0) is 24.1. The Kier molecular flexibility index (Phi) is 5.79. The average molecular weight is 461 g/mol. The second kappa shape index (κ2) is 8.31. The Morgan fingerprint density at radius 1 is 1.30 bits per heavy atom. The van der Waals surface area contributed by atoms with Gasteiger partial charge in [-0.25, -0.2) is 19.0 Å². The van der Waals surface area contributed by atoms with Crippen LogP contribution in [0.1, 0.15) is 63.4 Å². The minimum atomic E-state index is -1.34. The van der Waals surface area contributed by atoms with E-state index in [9.17, 15) is 19.5 Å². The molecule has 0 aromatic carbocycles. The number of nitrogens with one attached hydrogen (secondary N) is 1. The number of fused-ring (bicyclic) bond motifs is 1. The Bertz CT molecular complexity index is 1170. The molecule has 33 heavy (non-hydrogen) atoms. The molecule has 3 heterocycles. The van der Waals surface area contributed by atoms with Gasteiger partial charge in [0, 0.05) is 31.4 Å². The van der Waals surface area contributed by atoms with Gasteiger partial charge >= 0.3 is 12.1 Å². The third-order valence-corrected chi connectivity index (χ3v) is 6.09. The third-order valence-electron chi connectivity index (χ3n) is 6.09. The smallest absolute Gasteiger partial charge is 0.407 e. The predicted octanol–water partition coefficient (Wildman–Crippen LogP) is 3.31. The number of pyridine rings is 2. The lowest BCUT2D eigenvalue weighted by molar-refractivity contribution is 0.0494. The number of carboxylic acids is 1. The summed E-state index contributed by atoms with van der Waals surface area (Å²) in [6, 6.07) is 0.971. The van der Waals surface area contributed by atoms with Crippen molar-refractivity contribution < 1.29 is 23.8 Å². The standard InChI is InChI=1S/C23H29FN4O5/c1-12(25-22(32)33-23(2,3)4)13-7-8-27(10-13)20-17(24)9-15-18(29)16(21(30)31)11-28(14-5-6-14)19(15)26-20/h9,11-14H,5-8,10H2,1-4H3,(H,25,32)(H,30,31). The van der Waals surface area contributed by atoms with E-state index in [0.717, 1.165) is 25.3 Å². The van der Waals surface area contributed by atoms with Crippen molar-refractivity contribution in [3.05, 3.63) is 33.9 Å². The van der Waals surface area contributed by atoms with Crippen LogP contribution in [0.3, 0.4) is 0 Å². The highest BCUT2D eigenvalue weighted by Gasteiger charge is 2.33. The molecule has 0 radical (unpaired) electrons. The van der Waals surface area contributed by atoms with Gasteiger partial charge in [0.1, 0.15) is 16.8 Å². The maximum absolute atomic E-state index is 15.1. The molecule has 10 heteroatoms. The van der Waals surface area contributed by atoms with E-state index in [1.54, 1.807) is 30.2 Å². The summed E-state index contributed by atoms with van der Waals surface area (Å²) in [4.78, 5) is 42.5. The van der Waals surface area contributed by atoms with Crippen LogP contribution in [0, 0.1) is 11.7 Å². The number of amides is 1. The molecule has 2 aliphatic rings. The molecule has 1 aliphatic carbocycles. The SMILES string of the molecule is CC(NC(=O)OC(C)(C)C)C1CCN(c2nc3c(cc2F)c(=O)c(C(=O)O)cn3C2CC2)C1. The number of anilines is 1. The summed E-state index contributed by atoms with van der Waals surface area (Å²) >= 11 is 0. The van der Waals surface area contributed by atoms with Gasteiger partial charge in [-0.2, -0.15) is 0 Å². The molecule has 2 aromatic heterocycles. The number of ether oxygens (including phenoxy) is 1. The molecule has 2 atom stereocenters. The van der Waals surface area contributed by atoms with Crippen LogP contribution in [-0.4, -0.2) is 51.5 Å². The van der Waals surface area contributed by atoms with Crippen molar-refractivity contribution in [3.8, 4) is 0 Å². The highest BCUT2D eigenvalue weighted by atomic mass is 19.1. The first kappa shape index (κ1) is 23.0. The van der Waals surface area contributed by atoms with E-state index < -0.39 is 28.9 Å². The van der Waals surface area contributed by atoms with Gasteiger partial charge in [-0.05, 0) is 58.9 Å². The van der Waals surface area contributed by atoms with Gasteiger partial charge in [0.25, 0.3) is 0 Å². The fourth-order valence-corrected chi connectivity index (χ4v) is 4.24. The largest absolute Gasteiger partial charge is 0.477 e. The van der Waals surface area contributed by atoms with Gasteiger partial charge in [-0.1, -0.05) is 0 Å². The van der Waals surface area contributed by atoms with Gasteiger partial charge < -0.3 is 24.6 Å². The van der Waals surface area contributed by atoms with E-state index in [2.05, 4.69) is 10.3 Å². The molecule has 1 saturated carbocycles. The molecule has 178 valence electrons. The number of carboxylic acid groups (broad SMARTS) is 1. The zero-order valence-corrected chi connectivity index (χ0v) is 19.2. The van der Waals surface area contributed by atoms with E-state index in [1.807, 2.05) is 6.92 Å². The number of carbonyl (C=O) groups excluding carboxylic acids is 1. The Morgan fingerprint density at radius 3 is 2.61 bits per heavy atom. The number of alkyl carbamates (subject to hydrolysis) is 1. The first-order valence-corrected chi connectivity index (χ1v) is 11.2. The van der Waals surface area contributed by atoms with Crippen molar-refractivity contribution in [2.45, 2.75) is 64.6 Å². The highest BCUT2D eigenvalue weighted by molar-refractivity contribution is 5.92. The molecule has 2 N–H and O–H groups in total.